The number of carbonyl (C=O) groups is 3. The number of ether oxygens (including phenoxy) is 2. The number of rotatable bonds is 8. The molecule has 3 amide bonds. The van der Waals surface area contributed by atoms with Crippen LogP contribution in [0.25, 0.3) is 0 Å². The van der Waals surface area contributed by atoms with Crippen LogP contribution in [-0.2, 0) is 20.8 Å². The Morgan fingerprint density at radius 2 is 1.82 bits per heavy atom. The van der Waals surface area contributed by atoms with Crippen molar-refractivity contribution in [3.05, 3.63) is 101 Å². The Labute approximate surface area is 221 Å². The summed E-state index contributed by atoms with van der Waals surface area (Å²) in [5, 5.41) is 5.88. The van der Waals surface area contributed by atoms with Gasteiger partial charge in [-0.05, 0) is 55.2 Å². The van der Waals surface area contributed by atoms with Crippen molar-refractivity contribution in [2.75, 3.05) is 18.5 Å². The van der Waals surface area contributed by atoms with Gasteiger partial charge in [0.1, 0.15) is 0 Å². The molecule has 196 valence electrons. The minimum Gasteiger partial charge on any atom is -0.438 e. The first kappa shape index (κ1) is 25.5. The SMILES string of the molecule is Cc1cccc(C(=O)Nc2cccc([C@@H]3OC(=O)N(Cc4ccccc4)[C@H]3C(=O)NC[C@H]3CCCO3)c2)c1. The van der Waals surface area contributed by atoms with Gasteiger partial charge in [0, 0.05) is 24.4 Å². The Bertz CT molecular complexity index is 1310. The van der Waals surface area contributed by atoms with Crippen molar-refractivity contribution in [1.29, 1.82) is 0 Å². The average Bonchev–Trinajstić information content (AvgIpc) is 3.56. The van der Waals surface area contributed by atoms with Crippen molar-refractivity contribution in [3.8, 4) is 0 Å². The molecule has 0 radical (unpaired) electrons. The average molecular weight is 514 g/mol. The molecule has 2 aliphatic heterocycles. The van der Waals surface area contributed by atoms with Crippen molar-refractivity contribution >= 4 is 23.6 Å². The van der Waals surface area contributed by atoms with E-state index in [1.54, 1.807) is 30.3 Å². The van der Waals surface area contributed by atoms with Gasteiger partial charge in [-0.25, -0.2) is 4.79 Å². The summed E-state index contributed by atoms with van der Waals surface area (Å²) < 4.78 is 11.4. The van der Waals surface area contributed by atoms with Gasteiger partial charge in [0.2, 0.25) is 5.91 Å². The Balaban J connectivity index is 1.38. The molecule has 8 nitrogen and oxygen atoms in total. The van der Waals surface area contributed by atoms with E-state index in [2.05, 4.69) is 10.6 Å². The molecule has 2 saturated heterocycles. The molecule has 38 heavy (non-hydrogen) atoms. The second-order valence-electron chi connectivity index (χ2n) is 9.69. The van der Waals surface area contributed by atoms with E-state index < -0.39 is 18.2 Å². The van der Waals surface area contributed by atoms with E-state index in [9.17, 15) is 14.4 Å². The van der Waals surface area contributed by atoms with Crippen LogP contribution in [-0.4, -0.2) is 48.1 Å². The molecule has 5 rings (SSSR count). The first-order valence-electron chi connectivity index (χ1n) is 12.9. The lowest BCUT2D eigenvalue weighted by Crippen LogP contribution is -2.47. The monoisotopic (exact) mass is 513 g/mol. The molecule has 2 N–H and O–H groups in total. The molecular weight excluding hydrogens is 482 g/mol. The first-order chi connectivity index (χ1) is 18.5. The third-order valence-corrected chi connectivity index (χ3v) is 6.83. The van der Waals surface area contributed by atoms with Gasteiger partial charge in [0.05, 0.1) is 12.6 Å². The van der Waals surface area contributed by atoms with Gasteiger partial charge < -0.3 is 20.1 Å². The number of amides is 3. The lowest BCUT2D eigenvalue weighted by Gasteiger charge is -2.25. The van der Waals surface area contributed by atoms with E-state index in [-0.39, 0.29) is 24.5 Å². The number of carbonyl (C=O) groups excluding carboxylic acids is 3. The summed E-state index contributed by atoms with van der Waals surface area (Å²) in [5.74, 6) is -0.549. The normalized spacial score (nSPS) is 20.7. The van der Waals surface area contributed by atoms with Crippen LogP contribution in [0.2, 0.25) is 0 Å². The van der Waals surface area contributed by atoms with E-state index in [1.807, 2.05) is 55.5 Å². The largest absolute Gasteiger partial charge is 0.438 e. The van der Waals surface area contributed by atoms with Crippen LogP contribution < -0.4 is 10.6 Å². The standard InChI is InChI=1S/C30H31N3O5/c1-20-8-5-12-23(16-20)28(34)32-24-13-6-11-22(17-24)27-26(29(35)31-18-25-14-7-15-37-25)33(30(36)38-27)19-21-9-3-2-4-10-21/h2-6,8-13,16-17,25-27H,7,14-15,18-19H2,1H3,(H,31,35)(H,32,34)/t25-,26-,27+/m1/s1. The molecule has 8 heteroatoms. The highest BCUT2D eigenvalue weighted by Gasteiger charge is 2.47. The maximum atomic E-state index is 13.5. The second kappa shape index (κ2) is 11.5. The lowest BCUT2D eigenvalue weighted by atomic mass is 10.00. The van der Waals surface area contributed by atoms with E-state index >= 15 is 0 Å². The van der Waals surface area contributed by atoms with Gasteiger partial charge in [-0.1, -0.05) is 60.2 Å². The van der Waals surface area contributed by atoms with Gasteiger partial charge in [-0.3, -0.25) is 14.5 Å². The highest BCUT2D eigenvalue weighted by molar-refractivity contribution is 6.04. The lowest BCUT2D eigenvalue weighted by molar-refractivity contribution is -0.126. The fraction of sp³-hybridized carbons (Fsp3) is 0.300. The van der Waals surface area contributed by atoms with Crippen LogP contribution in [0.3, 0.4) is 0 Å². The van der Waals surface area contributed by atoms with Crippen molar-refractivity contribution in [3.63, 3.8) is 0 Å². The Kier molecular flexibility index (Phi) is 7.70. The third kappa shape index (κ3) is 5.86. The molecule has 0 spiro atoms. The highest BCUT2D eigenvalue weighted by atomic mass is 16.6. The number of nitrogens with zero attached hydrogens (tertiary/aromatic N) is 1. The molecule has 0 aliphatic carbocycles. The summed E-state index contributed by atoms with van der Waals surface area (Å²) in [6, 6.07) is 23.0. The zero-order valence-electron chi connectivity index (χ0n) is 21.3. The van der Waals surface area contributed by atoms with Crippen molar-refractivity contribution in [1.82, 2.24) is 10.2 Å². The topological polar surface area (TPSA) is 97.0 Å². The number of aryl methyl sites for hydroxylation is 1. The molecule has 0 saturated carbocycles. The summed E-state index contributed by atoms with van der Waals surface area (Å²) in [4.78, 5) is 40.8. The molecule has 0 bridgehead atoms. The number of hydrogen-bond donors (Lipinski definition) is 2. The Morgan fingerprint density at radius 1 is 1.00 bits per heavy atom. The van der Waals surface area contributed by atoms with Crippen LogP contribution in [0.1, 0.15) is 46.0 Å². The predicted octanol–water partition coefficient (Wildman–Crippen LogP) is 4.60. The summed E-state index contributed by atoms with van der Waals surface area (Å²) >= 11 is 0. The molecule has 2 aliphatic rings. The Morgan fingerprint density at radius 3 is 2.58 bits per heavy atom. The second-order valence-corrected chi connectivity index (χ2v) is 9.69. The Hall–Kier alpha value is -4.17. The van der Waals surface area contributed by atoms with E-state index in [0.29, 0.717) is 30.0 Å². The minimum absolute atomic E-state index is 0.0295. The maximum Gasteiger partial charge on any atom is 0.411 e. The predicted molar refractivity (Wildman–Crippen MR) is 143 cm³/mol. The molecule has 0 unspecified atom stereocenters. The molecule has 2 heterocycles. The van der Waals surface area contributed by atoms with Crippen LogP contribution >= 0.6 is 0 Å². The van der Waals surface area contributed by atoms with Gasteiger partial charge in [0.25, 0.3) is 5.91 Å². The van der Waals surface area contributed by atoms with E-state index in [4.69, 9.17) is 9.47 Å². The number of cyclic esters (lactones) is 1. The number of anilines is 1. The minimum atomic E-state index is -0.883. The van der Waals surface area contributed by atoms with Crippen LogP contribution in [0, 0.1) is 6.92 Å². The van der Waals surface area contributed by atoms with Crippen molar-refractivity contribution < 1.29 is 23.9 Å². The molecular formula is C30H31N3O5. The van der Waals surface area contributed by atoms with Crippen LogP contribution in [0.5, 0.6) is 0 Å². The van der Waals surface area contributed by atoms with Gasteiger partial charge in [0.15, 0.2) is 12.1 Å². The van der Waals surface area contributed by atoms with Gasteiger partial charge in [-0.2, -0.15) is 0 Å². The van der Waals surface area contributed by atoms with Crippen LogP contribution in [0.4, 0.5) is 10.5 Å². The highest BCUT2D eigenvalue weighted by Crippen LogP contribution is 2.35. The smallest absolute Gasteiger partial charge is 0.411 e. The molecule has 2 fully saturated rings. The van der Waals surface area contributed by atoms with E-state index in [0.717, 1.165) is 24.0 Å². The number of hydrogen-bond acceptors (Lipinski definition) is 5. The van der Waals surface area contributed by atoms with Gasteiger partial charge in [-0.15, -0.1) is 0 Å². The fourth-order valence-corrected chi connectivity index (χ4v) is 4.90. The molecule has 3 atom stereocenters. The quantitative estimate of drug-likeness (QED) is 0.459. The summed E-state index contributed by atoms with van der Waals surface area (Å²) in [5.41, 5.74) is 3.59. The van der Waals surface area contributed by atoms with Crippen LogP contribution in [0.15, 0.2) is 78.9 Å². The zero-order chi connectivity index (χ0) is 26.5. The zero-order valence-corrected chi connectivity index (χ0v) is 21.3. The van der Waals surface area contributed by atoms with Gasteiger partial charge >= 0.3 is 6.09 Å². The molecule has 0 aromatic heterocycles. The fourth-order valence-electron chi connectivity index (χ4n) is 4.90. The van der Waals surface area contributed by atoms with Crippen molar-refractivity contribution in [2.45, 2.75) is 44.6 Å². The summed E-state index contributed by atoms with van der Waals surface area (Å²) in [6.45, 7) is 3.23. The molecule has 3 aromatic carbocycles. The number of benzene rings is 3. The van der Waals surface area contributed by atoms with E-state index in [1.165, 1.54) is 4.90 Å². The third-order valence-electron chi connectivity index (χ3n) is 6.83. The first-order valence-corrected chi connectivity index (χ1v) is 12.9. The summed E-state index contributed by atoms with van der Waals surface area (Å²) in [7, 11) is 0. The number of nitrogens with one attached hydrogen (secondary N) is 2. The van der Waals surface area contributed by atoms with Crippen molar-refractivity contribution in [2.24, 2.45) is 0 Å². The maximum absolute atomic E-state index is 13.5. The molecule has 3 aromatic rings. The summed E-state index contributed by atoms with van der Waals surface area (Å²) in [6.07, 6.45) is 0.422.